The monoisotopic (exact) mass is 204 g/mol. The first kappa shape index (κ1) is 10.0. The quantitative estimate of drug-likeness (QED) is 0.757. The summed E-state index contributed by atoms with van der Waals surface area (Å²) in [7, 11) is 1.98. The lowest BCUT2D eigenvalue weighted by atomic mass is 10.2. The van der Waals surface area contributed by atoms with E-state index in [2.05, 4.69) is 24.1 Å². The average Bonchev–Trinajstić information content (AvgIpc) is 2.61. The zero-order valence-corrected chi connectivity index (χ0v) is 9.23. The van der Waals surface area contributed by atoms with Crippen molar-refractivity contribution in [3.05, 3.63) is 23.9 Å². The molecule has 80 valence electrons. The van der Waals surface area contributed by atoms with E-state index >= 15 is 0 Å². The van der Waals surface area contributed by atoms with Gasteiger partial charge in [0.1, 0.15) is 0 Å². The molecule has 0 aromatic carbocycles. The molecule has 2 heterocycles. The molecular weight excluding hydrogens is 188 g/mol. The van der Waals surface area contributed by atoms with Gasteiger partial charge in [-0.05, 0) is 18.1 Å². The van der Waals surface area contributed by atoms with Gasteiger partial charge in [-0.2, -0.15) is 0 Å². The highest BCUT2D eigenvalue weighted by atomic mass is 16.5. The highest BCUT2D eigenvalue weighted by Gasteiger charge is 2.17. The number of hydrogen-bond donors (Lipinski definition) is 0. The largest absolute Gasteiger partial charge is 0.469 e. The Morgan fingerprint density at radius 3 is 3.27 bits per heavy atom. The van der Waals surface area contributed by atoms with E-state index in [9.17, 15) is 0 Å². The van der Waals surface area contributed by atoms with Crippen LogP contribution >= 0.6 is 0 Å². The lowest BCUT2D eigenvalue weighted by molar-refractivity contribution is 0.353. The molecule has 0 amide bonds. The Hall–Kier alpha value is -1.51. The number of allylic oxidation sites excluding steroid dienone is 1. The number of aromatic nitrogens is 1. The van der Waals surface area contributed by atoms with Crippen LogP contribution in [0.1, 0.15) is 25.3 Å². The van der Waals surface area contributed by atoms with Crippen LogP contribution in [0.2, 0.25) is 0 Å². The van der Waals surface area contributed by atoms with Crippen LogP contribution in [0.15, 0.2) is 18.3 Å². The molecule has 0 radical (unpaired) electrons. The molecule has 2 rings (SSSR count). The summed E-state index contributed by atoms with van der Waals surface area (Å²) in [5.41, 5.74) is 1.11. The molecule has 15 heavy (non-hydrogen) atoms. The van der Waals surface area contributed by atoms with Crippen molar-refractivity contribution >= 4 is 11.9 Å². The van der Waals surface area contributed by atoms with Gasteiger partial charge < -0.3 is 9.64 Å². The summed E-state index contributed by atoms with van der Waals surface area (Å²) in [5, 5.41) is 0. The van der Waals surface area contributed by atoms with Gasteiger partial charge in [0.25, 0.3) is 0 Å². The minimum Gasteiger partial charge on any atom is -0.469 e. The molecule has 0 aliphatic carbocycles. The Morgan fingerprint density at radius 2 is 2.47 bits per heavy atom. The van der Waals surface area contributed by atoms with Crippen molar-refractivity contribution in [1.29, 1.82) is 0 Å². The Kier molecular flexibility index (Phi) is 2.90. The van der Waals surface area contributed by atoms with E-state index in [4.69, 9.17) is 4.74 Å². The van der Waals surface area contributed by atoms with Crippen molar-refractivity contribution in [2.24, 2.45) is 0 Å². The van der Waals surface area contributed by atoms with Crippen LogP contribution in [0.3, 0.4) is 0 Å². The van der Waals surface area contributed by atoms with Gasteiger partial charge in [-0.3, -0.25) is 0 Å². The number of pyridine rings is 1. The Balaban J connectivity index is 2.16. The maximum absolute atomic E-state index is 5.49. The lowest BCUT2D eigenvalue weighted by Crippen LogP contribution is -2.15. The van der Waals surface area contributed by atoms with Gasteiger partial charge in [0.2, 0.25) is 0 Å². The first-order valence-electron chi connectivity index (χ1n) is 5.32. The van der Waals surface area contributed by atoms with Gasteiger partial charge in [-0.15, -0.1) is 0 Å². The first-order chi connectivity index (χ1) is 7.31. The number of ether oxygens (including phenoxy) is 1. The second kappa shape index (κ2) is 4.34. The van der Waals surface area contributed by atoms with Crippen molar-refractivity contribution < 1.29 is 4.74 Å². The van der Waals surface area contributed by atoms with Gasteiger partial charge in [0.15, 0.2) is 18.3 Å². The summed E-state index contributed by atoms with van der Waals surface area (Å²) in [6.45, 7) is 2.77. The van der Waals surface area contributed by atoms with Crippen LogP contribution in [0, 0.1) is 0 Å². The molecule has 0 atom stereocenters. The first-order valence-corrected chi connectivity index (χ1v) is 5.32. The number of anilines is 1. The molecule has 1 aromatic rings. The summed E-state index contributed by atoms with van der Waals surface area (Å²) in [6.07, 6.45) is 8.43. The van der Waals surface area contributed by atoms with E-state index in [-0.39, 0.29) is 0 Å². The number of unbranched alkanes of at least 4 members (excludes halogenated alkanes) is 1. The molecule has 1 aliphatic heterocycles. The Morgan fingerprint density at radius 1 is 1.60 bits per heavy atom. The second-order valence-corrected chi connectivity index (χ2v) is 3.75. The molecular formula is C12H16N2O. The molecule has 0 unspecified atom stereocenters. The fourth-order valence-corrected chi connectivity index (χ4v) is 1.55. The lowest BCUT2D eigenvalue weighted by Gasteiger charge is -2.05. The highest BCUT2D eigenvalue weighted by Crippen LogP contribution is 2.31. The third kappa shape index (κ3) is 2.12. The fourth-order valence-electron chi connectivity index (χ4n) is 1.55. The minimum atomic E-state index is 0.602. The van der Waals surface area contributed by atoms with E-state index in [0.29, 0.717) is 6.73 Å². The SMILES string of the molecule is CCC/C=C/c1cnc2c(c1)OCN2C. The molecule has 0 fully saturated rings. The summed E-state index contributed by atoms with van der Waals surface area (Å²) < 4.78 is 5.49. The van der Waals surface area contributed by atoms with Crippen molar-refractivity contribution in [2.75, 3.05) is 18.7 Å². The number of hydrogen-bond acceptors (Lipinski definition) is 3. The van der Waals surface area contributed by atoms with E-state index in [1.54, 1.807) is 0 Å². The van der Waals surface area contributed by atoms with Crippen molar-refractivity contribution in [3.63, 3.8) is 0 Å². The third-order valence-corrected chi connectivity index (χ3v) is 2.39. The zero-order valence-electron chi connectivity index (χ0n) is 9.23. The molecule has 0 saturated heterocycles. The minimum absolute atomic E-state index is 0.602. The normalized spacial score (nSPS) is 14.4. The average molecular weight is 204 g/mol. The van der Waals surface area contributed by atoms with Gasteiger partial charge in [0.05, 0.1) is 0 Å². The summed E-state index contributed by atoms with van der Waals surface area (Å²) >= 11 is 0. The highest BCUT2D eigenvalue weighted by molar-refractivity contribution is 5.61. The van der Waals surface area contributed by atoms with Crippen LogP contribution in [0.5, 0.6) is 5.75 Å². The third-order valence-electron chi connectivity index (χ3n) is 2.39. The zero-order chi connectivity index (χ0) is 10.7. The van der Waals surface area contributed by atoms with Gasteiger partial charge >= 0.3 is 0 Å². The topological polar surface area (TPSA) is 25.4 Å². The molecule has 0 saturated carbocycles. The smallest absolute Gasteiger partial charge is 0.173 e. The van der Waals surface area contributed by atoms with E-state index in [1.165, 1.54) is 6.42 Å². The summed E-state index contributed by atoms with van der Waals surface area (Å²) in [4.78, 5) is 6.36. The molecule has 3 heteroatoms. The predicted molar refractivity (Wildman–Crippen MR) is 62.1 cm³/mol. The van der Waals surface area contributed by atoms with Gasteiger partial charge in [-0.25, -0.2) is 4.98 Å². The van der Waals surface area contributed by atoms with E-state index < -0.39 is 0 Å². The number of nitrogens with zero attached hydrogens (tertiary/aromatic N) is 2. The number of fused-ring (bicyclic) bond motifs is 1. The summed E-state index contributed by atoms with van der Waals surface area (Å²) in [6, 6.07) is 2.04. The van der Waals surface area contributed by atoms with Crippen molar-refractivity contribution in [2.45, 2.75) is 19.8 Å². The van der Waals surface area contributed by atoms with Crippen LogP contribution in [0.4, 0.5) is 5.82 Å². The van der Waals surface area contributed by atoms with E-state index in [1.807, 2.05) is 24.2 Å². The van der Waals surface area contributed by atoms with Crippen LogP contribution in [-0.2, 0) is 0 Å². The Bertz CT molecular complexity index is 374. The summed E-state index contributed by atoms with van der Waals surface area (Å²) in [5.74, 6) is 1.82. The van der Waals surface area contributed by atoms with Crippen LogP contribution in [0.25, 0.3) is 6.08 Å². The van der Waals surface area contributed by atoms with E-state index in [0.717, 1.165) is 23.6 Å². The van der Waals surface area contributed by atoms with Gasteiger partial charge in [-0.1, -0.05) is 25.5 Å². The van der Waals surface area contributed by atoms with Crippen molar-refractivity contribution in [1.82, 2.24) is 4.98 Å². The van der Waals surface area contributed by atoms with Gasteiger partial charge in [0, 0.05) is 13.2 Å². The number of rotatable bonds is 3. The van der Waals surface area contributed by atoms with Crippen LogP contribution < -0.4 is 9.64 Å². The second-order valence-electron chi connectivity index (χ2n) is 3.75. The Labute approximate surface area is 90.4 Å². The maximum atomic E-state index is 5.49. The molecule has 0 bridgehead atoms. The molecule has 0 N–H and O–H groups in total. The predicted octanol–water partition coefficient (Wildman–Crippen LogP) is 2.68. The van der Waals surface area contributed by atoms with Crippen molar-refractivity contribution in [3.8, 4) is 5.75 Å². The maximum Gasteiger partial charge on any atom is 0.173 e. The molecule has 0 spiro atoms. The fraction of sp³-hybridized carbons (Fsp3) is 0.417. The van der Waals surface area contributed by atoms with Crippen LogP contribution in [-0.4, -0.2) is 18.8 Å². The molecule has 3 nitrogen and oxygen atoms in total. The molecule has 1 aliphatic rings. The standard InChI is InChI=1S/C12H16N2O/c1-3-4-5-6-10-7-11-12(13-8-10)14(2)9-15-11/h5-8H,3-4,9H2,1-2H3/b6-5+. The molecule has 1 aromatic heterocycles.